The molecule has 0 aliphatic heterocycles. The summed E-state index contributed by atoms with van der Waals surface area (Å²) in [6.07, 6.45) is 1.49. The Balaban J connectivity index is 2.49. The molecule has 0 radical (unpaired) electrons. The van der Waals surface area contributed by atoms with E-state index in [0.717, 1.165) is 28.7 Å². The molecule has 0 aliphatic rings. The Hall–Kier alpha value is -2.21. The molecule has 0 saturated heterocycles. The molecule has 0 saturated carbocycles. The molecule has 6 heteroatoms. The van der Waals surface area contributed by atoms with Crippen molar-refractivity contribution < 1.29 is 10.0 Å². The molecule has 112 valence electrons. The van der Waals surface area contributed by atoms with Gasteiger partial charge in [-0.25, -0.2) is 0 Å². The van der Waals surface area contributed by atoms with Gasteiger partial charge in [-0.3, -0.25) is 15.1 Å². The zero-order valence-corrected chi connectivity index (χ0v) is 12.2. The van der Waals surface area contributed by atoms with Crippen molar-refractivity contribution in [3.63, 3.8) is 0 Å². The van der Waals surface area contributed by atoms with Crippen LogP contribution in [-0.4, -0.2) is 27.7 Å². The molecule has 0 spiro atoms. The van der Waals surface area contributed by atoms with E-state index in [1.54, 1.807) is 6.07 Å². The number of aliphatic hydroxyl groups excluding tert-OH is 1. The molecule has 1 unspecified atom stereocenters. The van der Waals surface area contributed by atoms with Gasteiger partial charge in [0.15, 0.2) is 0 Å². The van der Waals surface area contributed by atoms with Crippen molar-refractivity contribution in [2.24, 2.45) is 0 Å². The monoisotopic (exact) mass is 289 g/mol. The molecule has 0 amide bonds. The molecule has 21 heavy (non-hydrogen) atoms. The molecule has 0 bridgehead atoms. The third-order valence-electron chi connectivity index (χ3n) is 3.46. The van der Waals surface area contributed by atoms with E-state index in [1.807, 2.05) is 19.9 Å². The van der Waals surface area contributed by atoms with E-state index in [0.29, 0.717) is 6.42 Å². The Morgan fingerprint density at radius 3 is 2.81 bits per heavy atom. The first-order valence-corrected chi connectivity index (χ1v) is 6.98. The minimum Gasteiger partial charge on any atom is -0.396 e. The normalized spacial score (nSPS) is 12.3. The van der Waals surface area contributed by atoms with Crippen LogP contribution in [0.3, 0.4) is 0 Å². The number of anilines is 1. The van der Waals surface area contributed by atoms with Crippen molar-refractivity contribution in [1.82, 2.24) is 4.98 Å². The van der Waals surface area contributed by atoms with Gasteiger partial charge in [-0.15, -0.1) is 0 Å². The van der Waals surface area contributed by atoms with Crippen LogP contribution in [0.2, 0.25) is 0 Å². The highest BCUT2D eigenvalue weighted by atomic mass is 16.6. The van der Waals surface area contributed by atoms with E-state index < -0.39 is 4.92 Å². The average Bonchev–Trinajstić information content (AvgIpc) is 2.46. The molecule has 6 nitrogen and oxygen atoms in total. The number of fused-ring (bicyclic) bond motifs is 1. The molecule has 2 N–H and O–H groups in total. The minimum atomic E-state index is -0.409. The summed E-state index contributed by atoms with van der Waals surface area (Å²) in [5.74, 6) is 0. The van der Waals surface area contributed by atoms with E-state index in [9.17, 15) is 10.1 Å². The summed E-state index contributed by atoms with van der Waals surface area (Å²) in [6.45, 7) is 4.03. The highest BCUT2D eigenvalue weighted by Gasteiger charge is 2.13. The van der Waals surface area contributed by atoms with Crippen LogP contribution in [0.15, 0.2) is 24.3 Å². The summed E-state index contributed by atoms with van der Waals surface area (Å²) in [4.78, 5) is 14.9. The van der Waals surface area contributed by atoms with Crippen LogP contribution in [0, 0.1) is 17.0 Å². The maximum absolute atomic E-state index is 10.9. The van der Waals surface area contributed by atoms with Gasteiger partial charge in [0.25, 0.3) is 5.69 Å². The third-order valence-corrected chi connectivity index (χ3v) is 3.46. The van der Waals surface area contributed by atoms with Crippen LogP contribution in [0.25, 0.3) is 10.9 Å². The molecular weight excluding hydrogens is 270 g/mol. The lowest BCUT2D eigenvalue weighted by atomic mass is 10.1. The zero-order valence-electron chi connectivity index (χ0n) is 12.2. The SMILES string of the molecule is CCC(CCO)Nc1cc(C)nc2ccc([N+](=O)[O-])cc12. The predicted octanol–water partition coefficient (Wildman–Crippen LogP) is 3.02. The fourth-order valence-corrected chi connectivity index (χ4v) is 2.33. The van der Waals surface area contributed by atoms with Gasteiger partial charge in [0.05, 0.1) is 10.4 Å². The van der Waals surface area contributed by atoms with Crippen molar-refractivity contribution in [3.8, 4) is 0 Å². The first-order chi connectivity index (χ1) is 10.0. The molecule has 2 aromatic rings. The summed E-state index contributed by atoms with van der Waals surface area (Å²) in [5, 5.41) is 24.1. The standard InChI is InChI=1S/C15H19N3O3/c1-3-11(6-7-19)17-15-8-10(2)16-14-5-4-12(18(20)21)9-13(14)15/h4-5,8-9,11,19H,3,6-7H2,1-2H3,(H,16,17). The van der Waals surface area contributed by atoms with Gasteiger partial charge in [-0.2, -0.15) is 0 Å². The Morgan fingerprint density at radius 2 is 2.19 bits per heavy atom. The van der Waals surface area contributed by atoms with Crippen LogP contribution in [0.4, 0.5) is 11.4 Å². The molecule has 0 aliphatic carbocycles. The van der Waals surface area contributed by atoms with Gasteiger partial charge in [0, 0.05) is 41.5 Å². The number of aryl methyl sites for hydroxylation is 1. The first kappa shape index (κ1) is 15.2. The number of aromatic nitrogens is 1. The van der Waals surface area contributed by atoms with Gasteiger partial charge in [0.2, 0.25) is 0 Å². The van der Waals surface area contributed by atoms with Crippen LogP contribution < -0.4 is 5.32 Å². The number of hydrogen-bond acceptors (Lipinski definition) is 5. The maximum atomic E-state index is 10.9. The van der Waals surface area contributed by atoms with Gasteiger partial charge in [-0.1, -0.05) is 6.92 Å². The lowest BCUT2D eigenvalue weighted by Crippen LogP contribution is -2.20. The first-order valence-electron chi connectivity index (χ1n) is 6.98. The lowest BCUT2D eigenvalue weighted by molar-refractivity contribution is -0.384. The average molecular weight is 289 g/mol. The Kier molecular flexibility index (Phi) is 4.70. The summed E-state index contributed by atoms with van der Waals surface area (Å²) < 4.78 is 0. The van der Waals surface area contributed by atoms with Gasteiger partial charge in [-0.05, 0) is 31.9 Å². The second-order valence-corrected chi connectivity index (χ2v) is 5.03. The zero-order chi connectivity index (χ0) is 15.4. The topological polar surface area (TPSA) is 88.3 Å². The number of benzene rings is 1. The van der Waals surface area contributed by atoms with Gasteiger partial charge >= 0.3 is 0 Å². The number of hydrogen-bond donors (Lipinski definition) is 2. The summed E-state index contributed by atoms with van der Waals surface area (Å²) in [7, 11) is 0. The Morgan fingerprint density at radius 1 is 1.43 bits per heavy atom. The number of pyridine rings is 1. The number of aliphatic hydroxyl groups is 1. The lowest BCUT2D eigenvalue weighted by Gasteiger charge is -2.19. The summed E-state index contributed by atoms with van der Waals surface area (Å²) >= 11 is 0. The smallest absolute Gasteiger partial charge is 0.270 e. The number of non-ortho nitro benzene ring substituents is 1. The number of nitro benzene ring substituents is 1. The second kappa shape index (κ2) is 6.49. The summed E-state index contributed by atoms with van der Waals surface area (Å²) in [6, 6.07) is 6.67. The Bertz CT molecular complexity index is 658. The Labute approximate surface area is 123 Å². The highest BCUT2D eigenvalue weighted by molar-refractivity contribution is 5.93. The highest BCUT2D eigenvalue weighted by Crippen LogP contribution is 2.28. The van der Waals surface area contributed by atoms with Crippen LogP contribution in [0.1, 0.15) is 25.5 Å². The molecule has 0 fully saturated rings. The van der Waals surface area contributed by atoms with Crippen molar-refractivity contribution in [2.45, 2.75) is 32.7 Å². The van der Waals surface area contributed by atoms with Crippen molar-refractivity contribution in [1.29, 1.82) is 0 Å². The van der Waals surface area contributed by atoms with E-state index in [-0.39, 0.29) is 18.3 Å². The maximum Gasteiger partial charge on any atom is 0.270 e. The number of rotatable bonds is 6. The van der Waals surface area contributed by atoms with E-state index in [4.69, 9.17) is 5.11 Å². The fraction of sp³-hybridized carbons (Fsp3) is 0.400. The number of nitro groups is 1. The summed E-state index contributed by atoms with van der Waals surface area (Å²) in [5.41, 5.74) is 2.44. The van der Waals surface area contributed by atoms with E-state index >= 15 is 0 Å². The molecule has 2 rings (SSSR count). The third kappa shape index (κ3) is 3.46. The molecule has 1 atom stereocenters. The fourth-order valence-electron chi connectivity index (χ4n) is 2.33. The molecule has 1 aromatic heterocycles. The minimum absolute atomic E-state index is 0.0476. The number of nitrogens with one attached hydrogen (secondary N) is 1. The molecule has 1 aromatic carbocycles. The predicted molar refractivity (Wildman–Crippen MR) is 82.5 cm³/mol. The van der Waals surface area contributed by atoms with Crippen LogP contribution in [0.5, 0.6) is 0 Å². The van der Waals surface area contributed by atoms with Gasteiger partial charge < -0.3 is 10.4 Å². The van der Waals surface area contributed by atoms with Crippen molar-refractivity contribution in [3.05, 3.63) is 40.1 Å². The van der Waals surface area contributed by atoms with Crippen molar-refractivity contribution in [2.75, 3.05) is 11.9 Å². The van der Waals surface area contributed by atoms with Crippen LogP contribution >= 0.6 is 0 Å². The van der Waals surface area contributed by atoms with Crippen LogP contribution in [-0.2, 0) is 0 Å². The van der Waals surface area contributed by atoms with Gasteiger partial charge in [0.1, 0.15) is 0 Å². The van der Waals surface area contributed by atoms with Crippen molar-refractivity contribution >= 4 is 22.3 Å². The van der Waals surface area contributed by atoms with E-state index in [1.165, 1.54) is 12.1 Å². The largest absolute Gasteiger partial charge is 0.396 e. The number of nitrogens with zero attached hydrogens (tertiary/aromatic N) is 2. The molecular formula is C15H19N3O3. The van der Waals surface area contributed by atoms with E-state index in [2.05, 4.69) is 10.3 Å². The molecule has 1 heterocycles. The second-order valence-electron chi connectivity index (χ2n) is 5.03. The quantitative estimate of drug-likeness (QED) is 0.630.